The number of nitrogens with zero attached hydrogens (tertiary/aromatic N) is 1. The lowest BCUT2D eigenvalue weighted by Crippen LogP contribution is -2.35. The summed E-state index contributed by atoms with van der Waals surface area (Å²) in [4.78, 5) is 10.6. The first kappa shape index (κ1) is 9.58. The highest BCUT2D eigenvalue weighted by molar-refractivity contribution is 5.79. The van der Waals surface area contributed by atoms with Gasteiger partial charge in [-0.2, -0.15) is 18.4 Å². The van der Waals surface area contributed by atoms with Gasteiger partial charge >= 0.3 is 6.18 Å². The summed E-state index contributed by atoms with van der Waals surface area (Å²) in [5.41, 5.74) is -0.452. The molecule has 1 rings (SSSR count). The van der Waals surface area contributed by atoms with Crippen molar-refractivity contribution in [3.8, 4) is 6.07 Å². The maximum absolute atomic E-state index is 12.2. The average Bonchev–Trinajstić information content (AvgIpc) is 2.03. The highest BCUT2D eigenvalue weighted by Crippen LogP contribution is 2.35. The highest BCUT2D eigenvalue weighted by atomic mass is 19.4. The van der Waals surface area contributed by atoms with Gasteiger partial charge in [0.25, 0.3) is 0 Å². The molecule has 0 aromatic heterocycles. The third-order valence-electron chi connectivity index (χ3n) is 1.68. The Hall–Kier alpha value is -1.51. The van der Waals surface area contributed by atoms with Crippen molar-refractivity contribution in [2.45, 2.75) is 12.6 Å². The summed E-state index contributed by atoms with van der Waals surface area (Å²) in [6.07, 6.45) is -4.42. The van der Waals surface area contributed by atoms with Gasteiger partial charge in [0.1, 0.15) is 5.92 Å². The van der Waals surface area contributed by atoms with Crippen molar-refractivity contribution < 1.29 is 18.0 Å². The smallest absolute Gasteiger partial charge is 0.332 e. The summed E-state index contributed by atoms with van der Waals surface area (Å²) in [7, 11) is 0. The monoisotopic (exact) mass is 190 g/mol. The molecular weight excluding hydrogens is 185 g/mol. The SMILES string of the molecule is N#CC1=CNC(=O)CC1C(F)(F)F. The molecular formula is C7H5F3N2O. The topological polar surface area (TPSA) is 52.9 Å². The van der Waals surface area contributed by atoms with E-state index in [0.717, 1.165) is 6.20 Å². The largest absolute Gasteiger partial charge is 0.397 e. The highest BCUT2D eigenvalue weighted by Gasteiger charge is 2.44. The Labute approximate surface area is 71.8 Å². The Morgan fingerprint density at radius 1 is 1.62 bits per heavy atom. The number of nitriles is 1. The number of nitrogens with one attached hydrogen (secondary N) is 1. The first-order chi connectivity index (χ1) is 5.95. The van der Waals surface area contributed by atoms with Crippen LogP contribution in [0.3, 0.4) is 0 Å². The van der Waals surface area contributed by atoms with E-state index in [1.807, 2.05) is 0 Å². The quantitative estimate of drug-likeness (QED) is 0.621. The number of halogens is 3. The maximum atomic E-state index is 12.2. The average molecular weight is 190 g/mol. The van der Waals surface area contributed by atoms with Crippen LogP contribution in [0.2, 0.25) is 0 Å². The molecule has 1 heterocycles. The van der Waals surface area contributed by atoms with Crippen molar-refractivity contribution in [1.82, 2.24) is 5.32 Å². The fraction of sp³-hybridized carbons (Fsp3) is 0.429. The van der Waals surface area contributed by atoms with Gasteiger partial charge in [-0.25, -0.2) is 0 Å². The van der Waals surface area contributed by atoms with Gasteiger partial charge in [-0.1, -0.05) is 0 Å². The predicted molar refractivity (Wildman–Crippen MR) is 36.0 cm³/mol. The first-order valence-electron chi connectivity index (χ1n) is 3.41. The molecule has 0 bridgehead atoms. The molecule has 0 spiro atoms. The number of hydrogen-bond donors (Lipinski definition) is 1. The van der Waals surface area contributed by atoms with E-state index >= 15 is 0 Å². The van der Waals surface area contributed by atoms with E-state index in [0.29, 0.717) is 0 Å². The molecule has 1 atom stereocenters. The van der Waals surface area contributed by atoms with Crippen LogP contribution >= 0.6 is 0 Å². The van der Waals surface area contributed by atoms with Crippen LogP contribution in [0.1, 0.15) is 6.42 Å². The predicted octanol–water partition coefficient (Wildman–Crippen LogP) is 1.09. The third kappa shape index (κ3) is 1.99. The van der Waals surface area contributed by atoms with Gasteiger partial charge in [-0.05, 0) is 0 Å². The molecule has 13 heavy (non-hydrogen) atoms. The zero-order valence-electron chi connectivity index (χ0n) is 6.35. The van der Waals surface area contributed by atoms with Gasteiger partial charge in [0, 0.05) is 12.6 Å². The molecule has 0 aromatic rings. The third-order valence-corrected chi connectivity index (χ3v) is 1.68. The molecule has 0 saturated carbocycles. The molecule has 0 radical (unpaired) electrons. The summed E-state index contributed by atoms with van der Waals surface area (Å²) in [5, 5.41) is 10.4. The van der Waals surface area contributed by atoms with Gasteiger partial charge in [0.2, 0.25) is 5.91 Å². The summed E-state index contributed by atoms with van der Waals surface area (Å²) < 4.78 is 36.5. The number of amides is 1. The number of carbonyl (C=O) groups excluding carboxylic acids is 1. The van der Waals surface area contributed by atoms with Crippen molar-refractivity contribution in [2.75, 3.05) is 0 Å². The Bertz CT molecular complexity index is 300. The lowest BCUT2D eigenvalue weighted by molar-refractivity contribution is -0.169. The van der Waals surface area contributed by atoms with E-state index < -0.39 is 30.0 Å². The van der Waals surface area contributed by atoms with E-state index in [1.165, 1.54) is 6.07 Å². The van der Waals surface area contributed by atoms with Crippen LogP contribution in [0, 0.1) is 17.2 Å². The number of alkyl halides is 3. The van der Waals surface area contributed by atoms with Crippen molar-refractivity contribution in [1.29, 1.82) is 5.26 Å². The van der Waals surface area contributed by atoms with Crippen molar-refractivity contribution in [2.24, 2.45) is 5.92 Å². The van der Waals surface area contributed by atoms with Crippen molar-refractivity contribution >= 4 is 5.91 Å². The second-order valence-electron chi connectivity index (χ2n) is 2.58. The van der Waals surface area contributed by atoms with Crippen LogP contribution in [0.5, 0.6) is 0 Å². The van der Waals surface area contributed by atoms with Crippen molar-refractivity contribution in [3.63, 3.8) is 0 Å². The Morgan fingerprint density at radius 2 is 2.23 bits per heavy atom. The van der Waals surface area contributed by atoms with E-state index in [1.54, 1.807) is 0 Å². The van der Waals surface area contributed by atoms with Crippen LogP contribution < -0.4 is 5.32 Å². The maximum Gasteiger partial charge on any atom is 0.397 e. The Morgan fingerprint density at radius 3 is 2.69 bits per heavy atom. The molecule has 0 saturated heterocycles. The molecule has 1 aliphatic rings. The molecule has 1 unspecified atom stereocenters. The lowest BCUT2D eigenvalue weighted by atomic mass is 9.94. The molecule has 0 aromatic carbocycles. The summed E-state index contributed by atoms with van der Waals surface area (Å²) >= 11 is 0. The van der Waals surface area contributed by atoms with Crippen molar-refractivity contribution in [3.05, 3.63) is 11.8 Å². The van der Waals surface area contributed by atoms with Gasteiger partial charge in [0.15, 0.2) is 0 Å². The second-order valence-corrected chi connectivity index (χ2v) is 2.58. The standard InChI is InChI=1S/C7H5F3N2O/c8-7(9,10)5-1-6(13)12-3-4(5)2-11/h3,5H,1H2,(H,12,13). The molecule has 70 valence electrons. The Balaban J connectivity index is 2.95. The molecule has 3 nitrogen and oxygen atoms in total. The summed E-state index contributed by atoms with van der Waals surface area (Å²) in [5.74, 6) is -2.67. The zero-order valence-corrected chi connectivity index (χ0v) is 6.35. The zero-order chi connectivity index (χ0) is 10.1. The number of rotatable bonds is 0. The van der Waals surface area contributed by atoms with Crippen LogP contribution in [0.25, 0.3) is 0 Å². The van der Waals surface area contributed by atoms with Crippen LogP contribution in [-0.2, 0) is 4.79 Å². The number of carbonyl (C=O) groups is 1. The van der Waals surface area contributed by atoms with Gasteiger partial charge in [-0.3, -0.25) is 4.79 Å². The normalized spacial score (nSPS) is 23.1. The van der Waals surface area contributed by atoms with Gasteiger partial charge in [-0.15, -0.1) is 0 Å². The van der Waals surface area contributed by atoms with Crippen LogP contribution in [-0.4, -0.2) is 12.1 Å². The molecule has 1 aliphatic heterocycles. The molecule has 0 aliphatic carbocycles. The fourth-order valence-electron chi connectivity index (χ4n) is 1.02. The minimum atomic E-state index is -4.53. The Kier molecular flexibility index (Phi) is 2.28. The van der Waals surface area contributed by atoms with E-state index in [2.05, 4.69) is 5.32 Å². The van der Waals surface area contributed by atoms with E-state index in [4.69, 9.17) is 5.26 Å². The van der Waals surface area contributed by atoms with E-state index in [-0.39, 0.29) is 0 Å². The fourth-order valence-corrected chi connectivity index (χ4v) is 1.02. The van der Waals surface area contributed by atoms with Crippen LogP contribution in [0.4, 0.5) is 13.2 Å². The van der Waals surface area contributed by atoms with Gasteiger partial charge in [0.05, 0.1) is 11.6 Å². The van der Waals surface area contributed by atoms with Gasteiger partial charge < -0.3 is 5.32 Å². The lowest BCUT2D eigenvalue weighted by Gasteiger charge is -2.21. The minimum absolute atomic E-state index is 0.452. The molecule has 1 amide bonds. The second kappa shape index (κ2) is 3.09. The molecule has 6 heteroatoms. The molecule has 1 N–H and O–H groups in total. The number of hydrogen-bond acceptors (Lipinski definition) is 2. The summed E-state index contributed by atoms with van der Waals surface area (Å²) in [6.45, 7) is 0. The van der Waals surface area contributed by atoms with E-state index in [9.17, 15) is 18.0 Å². The summed E-state index contributed by atoms with van der Waals surface area (Å²) in [6, 6.07) is 1.41. The molecule has 0 fully saturated rings. The first-order valence-corrected chi connectivity index (χ1v) is 3.41. The minimum Gasteiger partial charge on any atom is -0.332 e. The number of allylic oxidation sites excluding steroid dienone is 1. The van der Waals surface area contributed by atoms with Crippen LogP contribution in [0.15, 0.2) is 11.8 Å².